The van der Waals surface area contributed by atoms with Crippen molar-refractivity contribution in [2.45, 2.75) is 6.10 Å². The second kappa shape index (κ2) is 5.94. The molecule has 8 nitrogen and oxygen atoms in total. The van der Waals surface area contributed by atoms with Crippen molar-refractivity contribution in [2.75, 3.05) is 19.7 Å². The second-order valence-electron chi connectivity index (χ2n) is 4.80. The van der Waals surface area contributed by atoms with Crippen LogP contribution in [0.3, 0.4) is 0 Å². The van der Waals surface area contributed by atoms with Gasteiger partial charge in [-0.2, -0.15) is 5.10 Å². The molecule has 0 spiro atoms. The molecule has 0 unspecified atom stereocenters. The number of ether oxygens (including phenoxy) is 1. The second-order valence-corrected chi connectivity index (χ2v) is 4.80. The Labute approximate surface area is 125 Å². The largest absolute Gasteiger partial charge is 0.479 e. The highest BCUT2D eigenvalue weighted by Crippen LogP contribution is 2.12. The molecule has 1 atom stereocenters. The zero-order chi connectivity index (χ0) is 15.5. The van der Waals surface area contributed by atoms with E-state index in [1.807, 2.05) is 0 Å². The fourth-order valence-corrected chi connectivity index (χ4v) is 2.25. The van der Waals surface area contributed by atoms with Crippen molar-refractivity contribution in [3.05, 3.63) is 42.5 Å². The first-order valence-corrected chi connectivity index (χ1v) is 6.75. The fraction of sp³-hybridized carbons (Fsp3) is 0.286. The van der Waals surface area contributed by atoms with Crippen LogP contribution in [0, 0.1) is 0 Å². The maximum absolute atomic E-state index is 12.5. The van der Waals surface area contributed by atoms with Crippen LogP contribution in [0.2, 0.25) is 0 Å². The quantitative estimate of drug-likeness (QED) is 0.869. The van der Waals surface area contributed by atoms with Crippen molar-refractivity contribution < 1.29 is 19.4 Å². The molecular weight excluding hydrogens is 288 g/mol. The Morgan fingerprint density at radius 2 is 2.23 bits per heavy atom. The van der Waals surface area contributed by atoms with Gasteiger partial charge in [0.15, 0.2) is 6.10 Å². The maximum Gasteiger partial charge on any atom is 0.334 e. The first-order valence-electron chi connectivity index (χ1n) is 6.75. The Hall–Kier alpha value is -2.74. The van der Waals surface area contributed by atoms with E-state index >= 15 is 0 Å². The normalized spacial score (nSPS) is 18.2. The van der Waals surface area contributed by atoms with Crippen molar-refractivity contribution in [3.63, 3.8) is 0 Å². The van der Waals surface area contributed by atoms with E-state index in [-0.39, 0.29) is 24.8 Å². The number of aromatic nitrogens is 3. The standard InChI is InChI=1S/C14H14N4O4/c19-13(17-6-7-22-12(9-17)14(20)21)11-8-10(2-4-15-11)18-5-1-3-16-18/h1-5,8,12H,6-7,9H2,(H,20,21)/t12-/m1/s1. The summed E-state index contributed by atoms with van der Waals surface area (Å²) >= 11 is 0. The summed E-state index contributed by atoms with van der Waals surface area (Å²) in [5.74, 6) is -1.39. The van der Waals surface area contributed by atoms with Gasteiger partial charge in [0.2, 0.25) is 0 Å². The summed E-state index contributed by atoms with van der Waals surface area (Å²) in [6.07, 6.45) is 3.94. The Balaban J connectivity index is 1.80. The molecule has 1 saturated heterocycles. The van der Waals surface area contributed by atoms with Gasteiger partial charge >= 0.3 is 5.97 Å². The molecule has 2 aromatic heterocycles. The number of carboxylic acids is 1. The number of rotatable bonds is 3. The Bertz CT molecular complexity index is 686. The molecule has 114 valence electrons. The summed E-state index contributed by atoms with van der Waals surface area (Å²) in [4.78, 5) is 29.0. The van der Waals surface area contributed by atoms with Gasteiger partial charge in [0.05, 0.1) is 18.8 Å². The number of nitrogens with zero attached hydrogens (tertiary/aromatic N) is 4. The number of hydrogen-bond acceptors (Lipinski definition) is 5. The average molecular weight is 302 g/mol. The van der Waals surface area contributed by atoms with Crippen LogP contribution in [0.4, 0.5) is 0 Å². The van der Waals surface area contributed by atoms with E-state index < -0.39 is 12.1 Å². The first kappa shape index (κ1) is 14.2. The van der Waals surface area contributed by atoms with E-state index in [4.69, 9.17) is 9.84 Å². The van der Waals surface area contributed by atoms with E-state index in [2.05, 4.69) is 10.1 Å². The summed E-state index contributed by atoms with van der Waals surface area (Å²) < 4.78 is 6.73. The van der Waals surface area contributed by atoms with Gasteiger partial charge in [-0.25, -0.2) is 9.48 Å². The number of morpholine rings is 1. The lowest BCUT2D eigenvalue weighted by Gasteiger charge is -2.30. The zero-order valence-electron chi connectivity index (χ0n) is 11.6. The molecule has 0 bridgehead atoms. The van der Waals surface area contributed by atoms with Crippen molar-refractivity contribution in [1.82, 2.24) is 19.7 Å². The highest BCUT2D eigenvalue weighted by molar-refractivity contribution is 5.93. The predicted molar refractivity (Wildman–Crippen MR) is 74.6 cm³/mol. The predicted octanol–water partition coefficient (Wildman–Crippen LogP) is 0.193. The fourth-order valence-electron chi connectivity index (χ4n) is 2.25. The Kier molecular flexibility index (Phi) is 3.84. The van der Waals surface area contributed by atoms with Crippen molar-refractivity contribution in [2.24, 2.45) is 0 Å². The van der Waals surface area contributed by atoms with Gasteiger partial charge in [-0.1, -0.05) is 0 Å². The summed E-state index contributed by atoms with van der Waals surface area (Å²) in [5, 5.41) is 13.1. The SMILES string of the molecule is O=C(O)[C@H]1CN(C(=O)c2cc(-n3cccn3)ccn2)CCO1. The van der Waals surface area contributed by atoms with Gasteiger partial charge in [0, 0.05) is 25.1 Å². The van der Waals surface area contributed by atoms with E-state index in [0.29, 0.717) is 12.2 Å². The number of carboxylic acid groups (broad SMARTS) is 1. The highest BCUT2D eigenvalue weighted by Gasteiger charge is 2.30. The number of aliphatic carboxylic acids is 1. The van der Waals surface area contributed by atoms with Gasteiger partial charge < -0.3 is 14.7 Å². The number of hydrogen-bond donors (Lipinski definition) is 1. The molecule has 8 heteroatoms. The first-order chi connectivity index (χ1) is 10.6. The van der Waals surface area contributed by atoms with Gasteiger partial charge in [0.1, 0.15) is 5.69 Å². The van der Waals surface area contributed by atoms with Gasteiger partial charge in [-0.05, 0) is 18.2 Å². The van der Waals surface area contributed by atoms with E-state index in [1.165, 1.54) is 11.1 Å². The molecule has 3 heterocycles. The smallest absolute Gasteiger partial charge is 0.334 e. The molecule has 0 radical (unpaired) electrons. The van der Waals surface area contributed by atoms with Crippen LogP contribution in [-0.4, -0.2) is 62.4 Å². The molecule has 1 fully saturated rings. The van der Waals surface area contributed by atoms with Gasteiger partial charge in [0.25, 0.3) is 5.91 Å². The maximum atomic E-state index is 12.5. The molecule has 3 rings (SSSR count). The molecule has 1 aliphatic heterocycles. The third kappa shape index (κ3) is 2.82. The summed E-state index contributed by atoms with van der Waals surface area (Å²) in [7, 11) is 0. The van der Waals surface area contributed by atoms with E-state index in [0.717, 1.165) is 0 Å². The third-order valence-corrected chi connectivity index (χ3v) is 3.36. The number of carbonyl (C=O) groups excluding carboxylic acids is 1. The molecule has 1 N–H and O–H groups in total. The number of amides is 1. The number of carbonyl (C=O) groups is 2. The van der Waals surface area contributed by atoms with Crippen molar-refractivity contribution in [3.8, 4) is 5.69 Å². The van der Waals surface area contributed by atoms with Crippen LogP contribution in [0.5, 0.6) is 0 Å². The summed E-state index contributed by atoms with van der Waals surface area (Å²) in [6, 6.07) is 5.14. The molecule has 0 aromatic carbocycles. The monoisotopic (exact) mass is 302 g/mol. The number of pyridine rings is 1. The van der Waals surface area contributed by atoms with Crippen LogP contribution in [0.15, 0.2) is 36.8 Å². The molecule has 1 aliphatic rings. The molecule has 0 aliphatic carbocycles. The van der Waals surface area contributed by atoms with Crippen LogP contribution in [0.1, 0.15) is 10.5 Å². The van der Waals surface area contributed by atoms with Crippen LogP contribution in [0.25, 0.3) is 5.69 Å². The third-order valence-electron chi connectivity index (χ3n) is 3.36. The summed E-state index contributed by atoms with van der Waals surface area (Å²) in [5.41, 5.74) is 0.963. The van der Waals surface area contributed by atoms with Crippen molar-refractivity contribution >= 4 is 11.9 Å². The minimum atomic E-state index is -1.07. The molecular formula is C14H14N4O4. The lowest BCUT2D eigenvalue weighted by Crippen LogP contribution is -2.48. The average Bonchev–Trinajstić information content (AvgIpc) is 3.09. The highest BCUT2D eigenvalue weighted by atomic mass is 16.5. The van der Waals surface area contributed by atoms with Crippen LogP contribution in [-0.2, 0) is 9.53 Å². The lowest BCUT2D eigenvalue weighted by atomic mass is 10.2. The lowest BCUT2D eigenvalue weighted by molar-refractivity contribution is -0.154. The minimum Gasteiger partial charge on any atom is -0.479 e. The Morgan fingerprint density at radius 3 is 2.95 bits per heavy atom. The van der Waals surface area contributed by atoms with Crippen LogP contribution < -0.4 is 0 Å². The summed E-state index contributed by atoms with van der Waals surface area (Å²) in [6.45, 7) is 0.555. The molecule has 2 aromatic rings. The van der Waals surface area contributed by atoms with Gasteiger partial charge in [-0.15, -0.1) is 0 Å². The minimum absolute atomic E-state index is 0.0157. The van der Waals surface area contributed by atoms with E-state index in [9.17, 15) is 9.59 Å². The van der Waals surface area contributed by atoms with E-state index in [1.54, 1.807) is 35.3 Å². The van der Waals surface area contributed by atoms with Crippen molar-refractivity contribution in [1.29, 1.82) is 0 Å². The Morgan fingerprint density at radius 1 is 1.36 bits per heavy atom. The molecule has 1 amide bonds. The van der Waals surface area contributed by atoms with Crippen LogP contribution >= 0.6 is 0 Å². The zero-order valence-corrected chi connectivity index (χ0v) is 11.6. The molecule has 22 heavy (non-hydrogen) atoms. The van der Waals surface area contributed by atoms with Gasteiger partial charge in [-0.3, -0.25) is 9.78 Å². The topological polar surface area (TPSA) is 97.6 Å². The molecule has 0 saturated carbocycles.